The molecule has 0 fully saturated rings. The first kappa shape index (κ1) is 20.8. The first-order chi connectivity index (χ1) is 15.9. The Bertz CT molecular complexity index is 1470. The van der Waals surface area contributed by atoms with Crippen LogP contribution in [0.5, 0.6) is 0 Å². The lowest BCUT2D eigenvalue weighted by Gasteiger charge is -2.30. The summed E-state index contributed by atoms with van der Waals surface area (Å²) in [4.78, 5) is 43.9. The van der Waals surface area contributed by atoms with Crippen LogP contribution >= 0.6 is 0 Å². The fourth-order valence-electron chi connectivity index (χ4n) is 4.49. The molecule has 0 aliphatic heterocycles. The maximum absolute atomic E-state index is 13.2. The third kappa shape index (κ3) is 3.35. The van der Waals surface area contributed by atoms with Gasteiger partial charge >= 0.3 is 0 Å². The van der Waals surface area contributed by atoms with E-state index in [0.717, 1.165) is 16.8 Å². The lowest BCUT2D eigenvalue weighted by molar-refractivity contribution is 0.0793. The second-order valence-electron chi connectivity index (χ2n) is 8.57. The van der Waals surface area contributed by atoms with Crippen molar-refractivity contribution in [1.82, 2.24) is 9.78 Å². The number of aromatic amines is 1. The van der Waals surface area contributed by atoms with Crippen LogP contribution in [0.15, 0.2) is 76.2 Å². The Kier molecular flexibility index (Phi) is 4.93. The molecule has 0 saturated carbocycles. The SMILES string of the molecule is Cc1ccc(-n2[nH]c(C)c(C=NC3=CC=CC4C(=O)c5ccccc5C(=O)C34)c2=O)cc1C. The molecular weight excluding hydrogens is 414 g/mol. The third-order valence-electron chi connectivity index (χ3n) is 6.51. The Balaban J connectivity index is 1.51. The van der Waals surface area contributed by atoms with Crippen LogP contribution in [-0.2, 0) is 0 Å². The predicted molar refractivity (Wildman–Crippen MR) is 128 cm³/mol. The number of hydrogen-bond donors (Lipinski definition) is 1. The monoisotopic (exact) mass is 437 g/mol. The number of ketones is 2. The van der Waals surface area contributed by atoms with Gasteiger partial charge in [-0.2, -0.15) is 0 Å². The summed E-state index contributed by atoms with van der Waals surface area (Å²) < 4.78 is 1.49. The van der Waals surface area contributed by atoms with E-state index in [4.69, 9.17) is 0 Å². The molecule has 1 N–H and O–H groups in total. The van der Waals surface area contributed by atoms with Crippen LogP contribution in [0.25, 0.3) is 5.69 Å². The first-order valence-electron chi connectivity index (χ1n) is 10.9. The van der Waals surface area contributed by atoms with Gasteiger partial charge in [-0.1, -0.05) is 42.5 Å². The summed E-state index contributed by atoms with van der Waals surface area (Å²) in [5.41, 5.74) is 5.20. The molecule has 2 unspecified atom stereocenters. The Morgan fingerprint density at radius 1 is 0.939 bits per heavy atom. The van der Waals surface area contributed by atoms with E-state index in [1.165, 1.54) is 10.9 Å². The lowest BCUT2D eigenvalue weighted by Crippen LogP contribution is -2.37. The van der Waals surface area contributed by atoms with Gasteiger partial charge < -0.3 is 0 Å². The largest absolute Gasteiger partial charge is 0.295 e. The molecule has 1 heterocycles. The molecular formula is C27H23N3O3. The molecule has 0 amide bonds. The van der Waals surface area contributed by atoms with Crippen LogP contribution in [0.4, 0.5) is 0 Å². The van der Waals surface area contributed by atoms with Crippen molar-refractivity contribution in [2.45, 2.75) is 20.8 Å². The highest BCUT2D eigenvalue weighted by Gasteiger charge is 2.42. The fourth-order valence-corrected chi connectivity index (χ4v) is 4.49. The Morgan fingerprint density at radius 2 is 1.67 bits per heavy atom. The summed E-state index contributed by atoms with van der Waals surface area (Å²) in [6.07, 6.45) is 6.74. The van der Waals surface area contributed by atoms with Crippen LogP contribution in [-0.4, -0.2) is 27.6 Å². The number of aliphatic imine (C=N–C) groups is 1. The van der Waals surface area contributed by atoms with Crippen molar-refractivity contribution in [3.8, 4) is 5.69 Å². The topological polar surface area (TPSA) is 84.3 Å². The molecule has 6 nitrogen and oxygen atoms in total. The molecule has 33 heavy (non-hydrogen) atoms. The van der Waals surface area contributed by atoms with Gasteiger partial charge in [0.25, 0.3) is 5.56 Å². The van der Waals surface area contributed by atoms with Crippen molar-refractivity contribution >= 4 is 17.8 Å². The minimum atomic E-state index is -0.685. The molecule has 5 rings (SSSR count). The van der Waals surface area contributed by atoms with Crippen molar-refractivity contribution in [2.75, 3.05) is 0 Å². The minimum absolute atomic E-state index is 0.0813. The lowest BCUT2D eigenvalue weighted by atomic mass is 9.71. The molecule has 0 spiro atoms. The molecule has 2 aliphatic rings. The average Bonchev–Trinajstić information content (AvgIpc) is 3.10. The number of carbonyl (C=O) groups is 2. The number of rotatable bonds is 3. The van der Waals surface area contributed by atoms with Gasteiger partial charge in [0.05, 0.1) is 28.8 Å². The van der Waals surface area contributed by atoms with Crippen LogP contribution in [0.2, 0.25) is 0 Å². The zero-order valence-corrected chi connectivity index (χ0v) is 18.6. The number of nitrogens with one attached hydrogen (secondary N) is 1. The maximum Gasteiger partial charge on any atom is 0.280 e. The number of carbonyl (C=O) groups excluding carboxylic acids is 2. The maximum atomic E-state index is 13.2. The van der Waals surface area contributed by atoms with Crippen molar-refractivity contribution in [2.24, 2.45) is 16.8 Å². The Hall–Kier alpha value is -4.06. The Labute approximate surface area is 191 Å². The molecule has 164 valence electrons. The van der Waals surface area contributed by atoms with E-state index in [1.54, 1.807) is 42.5 Å². The summed E-state index contributed by atoms with van der Waals surface area (Å²) in [7, 11) is 0. The van der Waals surface area contributed by atoms with E-state index in [-0.39, 0.29) is 17.1 Å². The average molecular weight is 437 g/mol. The second-order valence-corrected chi connectivity index (χ2v) is 8.57. The van der Waals surface area contributed by atoms with Crippen molar-refractivity contribution < 1.29 is 9.59 Å². The number of benzene rings is 2. The van der Waals surface area contributed by atoms with Crippen molar-refractivity contribution in [3.63, 3.8) is 0 Å². The molecule has 1 aromatic heterocycles. The van der Waals surface area contributed by atoms with Crippen LogP contribution in [0.3, 0.4) is 0 Å². The highest BCUT2D eigenvalue weighted by Crippen LogP contribution is 2.38. The number of hydrogen-bond acceptors (Lipinski definition) is 4. The van der Waals surface area contributed by atoms with Gasteiger partial charge in [-0.05, 0) is 50.1 Å². The van der Waals surface area contributed by atoms with Gasteiger partial charge in [0, 0.05) is 23.0 Å². The van der Waals surface area contributed by atoms with E-state index in [2.05, 4.69) is 10.1 Å². The smallest absolute Gasteiger partial charge is 0.280 e. The van der Waals surface area contributed by atoms with E-state index < -0.39 is 11.8 Å². The van der Waals surface area contributed by atoms with E-state index in [9.17, 15) is 14.4 Å². The Morgan fingerprint density at radius 3 is 2.39 bits per heavy atom. The minimum Gasteiger partial charge on any atom is -0.295 e. The number of allylic oxidation sites excluding steroid dienone is 4. The van der Waals surface area contributed by atoms with E-state index >= 15 is 0 Å². The van der Waals surface area contributed by atoms with Gasteiger partial charge in [0.1, 0.15) is 0 Å². The highest BCUT2D eigenvalue weighted by molar-refractivity contribution is 6.17. The van der Waals surface area contributed by atoms with Gasteiger partial charge in [0.2, 0.25) is 0 Å². The molecule has 0 saturated heterocycles. The van der Waals surface area contributed by atoms with E-state index in [1.807, 2.05) is 39.0 Å². The summed E-state index contributed by atoms with van der Waals surface area (Å²) in [5, 5.41) is 3.11. The van der Waals surface area contributed by atoms with Gasteiger partial charge in [-0.3, -0.25) is 24.5 Å². The molecule has 0 radical (unpaired) electrons. The van der Waals surface area contributed by atoms with Gasteiger partial charge in [-0.15, -0.1) is 0 Å². The highest BCUT2D eigenvalue weighted by atomic mass is 16.1. The third-order valence-corrected chi connectivity index (χ3v) is 6.51. The number of aryl methyl sites for hydroxylation is 3. The normalized spacial score (nSPS) is 19.5. The second kappa shape index (κ2) is 7.81. The van der Waals surface area contributed by atoms with Crippen LogP contribution in [0.1, 0.15) is 43.1 Å². The fraction of sp³-hybridized carbons (Fsp3) is 0.185. The number of aromatic nitrogens is 2. The standard InChI is InChI=1S/C27H23N3O3/c1-15-11-12-18(13-16(15)2)30-27(33)22(17(3)29-30)14-28-23-10-6-9-21-24(23)26(32)20-8-5-4-7-19(20)25(21)31/h4-14,21,24,29H,1-3H3. The molecule has 3 aromatic rings. The molecule has 2 aliphatic carbocycles. The quantitative estimate of drug-likeness (QED) is 0.621. The molecule has 2 atom stereocenters. The molecule has 2 aromatic carbocycles. The van der Waals surface area contributed by atoms with Gasteiger partial charge in [-0.25, -0.2) is 4.68 Å². The number of H-pyrrole nitrogens is 1. The summed E-state index contributed by atoms with van der Waals surface area (Å²) in [5.74, 6) is -1.47. The molecule has 6 heteroatoms. The zero-order chi connectivity index (χ0) is 23.3. The molecule has 0 bridgehead atoms. The number of nitrogens with zero attached hydrogens (tertiary/aromatic N) is 2. The zero-order valence-electron chi connectivity index (χ0n) is 18.6. The number of Topliss-reactive ketones (excluding diaryl/α,β-unsaturated/α-hetero) is 2. The predicted octanol–water partition coefficient (Wildman–Crippen LogP) is 4.28. The van der Waals surface area contributed by atoms with Crippen LogP contribution in [0, 0.1) is 32.6 Å². The van der Waals surface area contributed by atoms with Crippen LogP contribution < -0.4 is 5.56 Å². The van der Waals surface area contributed by atoms with Gasteiger partial charge in [0.15, 0.2) is 11.6 Å². The summed E-state index contributed by atoms with van der Waals surface area (Å²) >= 11 is 0. The van der Waals surface area contributed by atoms with E-state index in [0.29, 0.717) is 28.1 Å². The van der Waals surface area contributed by atoms with Crippen molar-refractivity contribution in [3.05, 3.63) is 110 Å². The summed E-state index contributed by atoms with van der Waals surface area (Å²) in [6, 6.07) is 12.7. The summed E-state index contributed by atoms with van der Waals surface area (Å²) in [6.45, 7) is 5.83. The first-order valence-corrected chi connectivity index (χ1v) is 10.9. The van der Waals surface area contributed by atoms with Crippen molar-refractivity contribution in [1.29, 1.82) is 0 Å². The number of fused-ring (bicyclic) bond motifs is 2.